The van der Waals surface area contributed by atoms with Crippen LogP contribution >= 0.6 is 11.8 Å². The summed E-state index contributed by atoms with van der Waals surface area (Å²) in [5.41, 5.74) is 1.50. The van der Waals surface area contributed by atoms with Gasteiger partial charge in [0.1, 0.15) is 11.6 Å². The zero-order valence-electron chi connectivity index (χ0n) is 16.1. The number of fused-ring (bicyclic) bond motifs is 1. The summed E-state index contributed by atoms with van der Waals surface area (Å²) in [6, 6.07) is 6.16. The third-order valence-corrected chi connectivity index (χ3v) is 4.56. The molecule has 3 aromatic rings. The minimum atomic E-state index is -0.312. The summed E-state index contributed by atoms with van der Waals surface area (Å²) in [5.74, 6) is 0.327. The van der Waals surface area contributed by atoms with Crippen molar-refractivity contribution in [1.29, 1.82) is 0 Å². The Morgan fingerprint density at radius 3 is 2.68 bits per heavy atom. The number of anilines is 1. The highest BCUT2D eigenvalue weighted by atomic mass is 32.2. The van der Waals surface area contributed by atoms with Crippen molar-refractivity contribution < 1.29 is 9.18 Å². The van der Waals surface area contributed by atoms with Gasteiger partial charge in [-0.1, -0.05) is 23.9 Å². The predicted octanol–water partition coefficient (Wildman–Crippen LogP) is 2.87. The molecule has 2 N–H and O–H groups in total. The second kappa shape index (κ2) is 9.01. The first kappa shape index (κ1) is 20.1. The van der Waals surface area contributed by atoms with E-state index in [0.717, 1.165) is 22.4 Å². The Morgan fingerprint density at radius 2 is 2.00 bits per heavy atom. The molecule has 148 valence electrons. The SMILES string of the molecule is CSc1nc(NC(C)C)c2cnn(CCNC(=O)Cc3ccc(F)cc3)c2n1. The molecule has 28 heavy (non-hydrogen) atoms. The van der Waals surface area contributed by atoms with E-state index in [-0.39, 0.29) is 24.2 Å². The summed E-state index contributed by atoms with van der Waals surface area (Å²) in [6.07, 6.45) is 3.88. The molecule has 3 rings (SSSR count). The maximum Gasteiger partial charge on any atom is 0.224 e. The van der Waals surface area contributed by atoms with Crippen LogP contribution in [0.5, 0.6) is 0 Å². The van der Waals surface area contributed by atoms with Gasteiger partial charge in [0.2, 0.25) is 5.91 Å². The molecular weight excluding hydrogens is 379 g/mol. The zero-order valence-corrected chi connectivity index (χ0v) is 16.9. The van der Waals surface area contributed by atoms with Crippen LogP contribution < -0.4 is 10.6 Å². The molecule has 2 aromatic heterocycles. The van der Waals surface area contributed by atoms with Crippen LogP contribution in [0.4, 0.5) is 10.2 Å². The molecule has 0 radical (unpaired) electrons. The molecule has 0 atom stereocenters. The van der Waals surface area contributed by atoms with Crippen molar-refractivity contribution in [3.63, 3.8) is 0 Å². The number of benzene rings is 1. The number of nitrogens with zero attached hydrogens (tertiary/aromatic N) is 4. The number of hydrogen-bond donors (Lipinski definition) is 2. The molecule has 1 amide bonds. The van der Waals surface area contributed by atoms with E-state index >= 15 is 0 Å². The molecule has 0 saturated carbocycles. The molecule has 0 saturated heterocycles. The normalized spacial score (nSPS) is 11.2. The molecule has 0 spiro atoms. The van der Waals surface area contributed by atoms with Gasteiger partial charge in [-0.25, -0.2) is 19.0 Å². The van der Waals surface area contributed by atoms with Crippen molar-refractivity contribution in [3.05, 3.63) is 41.8 Å². The maximum absolute atomic E-state index is 12.9. The number of carbonyl (C=O) groups excluding carboxylic acids is 1. The minimum absolute atomic E-state index is 0.121. The molecule has 0 aliphatic rings. The van der Waals surface area contributed by atoms with Gasteiger partial charge in [-0.05, 0) is 37.8 Å². The van der Waals surface area contributed by atoms with Crippen molar-refractivity contribution in [2.24, 2.45) is 0 Å². The highest BCUT2D eigenvalue weighted by molar-refractivity contribution is 7.98. The fraction of sp³-hybridized carbons (Fsp3) is 0.368. The Bertz CT molecular complexity index is 957. The van der Waals surface area contributed by atoms with Crippen molar-refractivity contribution in [2.45, 2.75) is 38.0 Å². The first-order chi connectivity index (χ1) is 13.5. The number of nitrogens with one attached hydrogen (secondary N) is 2. The molecule has 0 bridgehead atoms. The first-order valence-electron chi connectivity index (χ1n) is 9.01. The predicted molar refractivity (Wildman–Crippen MR) is 109 cm³/mol. The topological polar surface area (TPSA) is 84.7 Å². The molecule has 0 unspecified atom stereocenters. The molecular formula is C19H23FN6OS. The summed E-state index contributed by atoms with van der Waals surface area (Å²) in [7, 11) is 0. The fourth-order valence-electron chi connectivity index (χ4n) is 2.73. The fourth-order valence-corrected chi connectivity index (χ4v) is 3.09. The molecule has 1 aromatic carbocycles. The van der Waals surface area contributed by atoms with E-state index in [0.29, 0.717) is 18.2 Å². The highest BCUT2D eigenvalue weighted by Gasteiger charge is 2.13. The third-order valence-electron chi connectivity index (χ3n) is 4.01. The summed E-state index contributed by atoms with van der Waals surface area (Å²) < 4.78 is 14.7. The lowest BCUT2D eigenvalue weighted by atomic mass is 10.1. The van der Waals surface area contributed by atoms with E-state index in [1.54, 1.807) is 23.0 Å². The van der Waals surface area contributed by atoms with E-state index < -0.39 is 0 Å². The van der Waals surface area contributed by atoms with Crippen LogP contribution in [-0.2, 0) is 17.8 Å². The quantitative estimate of drug-likeness (QED) is 0.445. The first-order valence-corrected chi connectivity index (χ1v) is 10.2. The number of halogens is 1. The second-order valence-electron chi connectivity index (χ2n) is 6.62. The van der Waals surface area contributed by atoms with Crippen LogP contribution in [0, 0.1) is 5.82 Å². The number of carbonyl (C=O) groups is 1. The van der Waals surface area contributed by atoms with Gasteiger partial charge < -0.3 is 10.6 Å². The second-order valence-corrected chi connectivity index (χ2v) is 7.39. The standard InChI is InChI=1S/C19H23FN6OS/c1-12(2)23-17-15-11-22-26(18(15)25-19(24-17)28-3)9-8-21-16(27)10-13-4-6-14(20)7-5-13/h4-7,11-12H,8-10H2,1-3H3,(H,21,27)(H,23,24,25). The highest BCUT2D eigenvalue weighted by Crippen LogP contribution is 2.23. The maximum atomic E-state index is 12.9. The van der Waals surface area contributed by atoms with Gasteiger partial charge in [-0.2, -0.15) is 5.10 Å². The number of thioether (sulfide) groups is 1. The number of rotatable bonds is 8. The summed E-state index contributed by atoms with van der Waals surface area (Å²) in [5, 5.41) is 12.1. The molecule has 7 nitrogen and oxygen atoms in total. The third kappa shape index (κ3) is 4.98. The summed E-state index contributed by atoms with van der Waals surface area (Å²) >= 11 is 1.47. The molecule has 0 aliphatic heterocycles. The van der Waals surface area contributed by atoms with Crippen molar-refractivity contribution in [1.82, 2.24) is 25.1 Å². The van der Waals surface area contributed by atoms with Gasteiger partial charge in [0.05, 0.1) is 24.5 Å². The van der Waals surface area contributed by atoms with E-state index in [1.807, 2.05) is 20.1 Å². The molecule has 0 fully saturated rings. The van der Waals surface area contributed by atoms with Crippen LogP contribution in [0.15, 0.2) is 35.6 Å². The average molecular weight is 402 g/mol. The Hall–Kier alpha value is -2.68. The Morgan fingerprint density at radius 1 is 1.25 bits per heavy atom. The molecule has 0 aliphatic carbocycles. The van der Waals surface area contributed by atoms with Gasteiger partial charge in [0, 0.05) is 12.6 Å². The van der Waals surface area contributed by atoms with Crippen LogP contribution in [0.25, 0.3) is 11.0 Å². The monoisotopic (exact) mass is 402 g/mol. The number of hydrogen-bond acceptors (Lipinski definition) is 6. The number of aromatic nitrogens is 4. The van der Waals surface area contributed by atoms with Gasteiger partial charge in [0.15, 0.2) is 10.8 Å². The van der Waals surface area contributed by atoms with Gasteiger partial charge in [-0.3, -0.25) is 4.79 Å². The van der Waals surface area contributed by atoms with Crippen molar-refractivity contribution in [3.8, 4) is 0 Å². The minimum Gasteiger partial charge on any atom is -0.367 e. The van der Waals surface area contributed by atoms with Gasteiger partial charge in [-0.15, -0.1) is 0 Å². The van der Waals surface area contributed by atoms with Crippen molar-refractivity contribution >= 4 is 34.5 Å². The van der Waals surface area contributed by atoms with Crippen LogP contribution in [-0.4, -0.2) is 44.5 Å². The Balaban J connectivity index is 1.65. The lowest BCUT2D eigenvalue weighted by Crippen LogP contribution is -2.28. The summed E-state index contributed by atoms with van der Waals surface area (Å²) in [6.45, 7) is 5.01. The van der Waals surface area contributed by atoms with E-state index in [1.165, 1.54) is 23.9 Å². The lowest BCUT2D eigenvalue weighted by molar-refractivity contribution is -0.120. The molecule has 9 heteroatoms. The largest absolute Gasteiger partial charge is 0.367 e. The Labute approximate surface area is 167 Å². The van der Waals surface area contributed by atoms with E-state index in [9.17, 15) is 9.18 Å². The van der Waals surface area contributed by atoms with Gasteiger partial charge >= 0.3 is 0 Å². The van der Waals surface area contributed by atoms with E-state index in [2.05, 4.69) is 25.7 Å². The van der Waals surface area contributed by atoms with E-state index in [4.69, 9.17) is 0 Å². The smallest absolute Gasteiger partial charge is 0.224 e. The van der Waals surface area contributed by atoms with Crippen molar-refractivity contribution in [2.75, 3.05) is 18.1 Å². The average Bonchev–Trinajstić information content (AvgIpc) is 3.06. The van der Waals surface area contributed by atoms with Crippen LogP contribution in [0.2, 0.25) is 0 Å². The lowest BCUT2D eigenvalue weighted by Gasteiger charge is -2.11. The van der Waals surface area contributed by atoms with Crippen LogP contribution in [0.1, 0.15) is 19.4 Å². The molecule has 2 heterocycles. The zero-order chi connectivity index (χ0) is 20.1. The summed E-state index contributed by atoms with van der Waals surface area (Å²) in [4.78, 5) is 21.2. The van der Waals surface area contributed by atoms with Crippen LogP contribution in [0.3, 0.4) is 0 Å². The van der Waals surface area contributed by atoms with Gasteiger partial charge in [0.25, 0.3) is 0 Å². The number of amides is 1. The Kier molecular flexibility index (Phi) is 6.45.